The molecule has 0 aromatic carbocycles. The Morgan fingerprint density at radius 1 is 1.29 bits per heavy atom. The van der Waals surface area contributed by atoms with E-state index >= 15 is 0 Å². The lowest BCUT2D eigenvalue weighted by Crippen LogP contribution is -2.11. The van der Waals surface area contributed by atoms with E-state index in [1.54, 1.807) is 0 Å². The van der Waals surface area contributed by atoms with Gasteiger partial charge in [-0.3, -0.25) is 0 Å². The number of alkyl halides is 1. The van der Waals surface area contributed by atoms with Gasteiger partial charge < -0.3 is 4.57 Å². The van der Waals surface area contributed by atoms with Gasteiger partial charge in [0.1, 0.15) is 11.6 Å². The quantitative estimate of drug-likeness (QED) is 0.798. The maximum Gasteiger partial charge on any atom is 0.143 e. The van der Waals surface area contributed by atoms with Crippen LogP contribution in [-0.2, 0) is 11.9 Å². The highest BCUT2D eigenvalue weighted by Crippen LogP contribution is 2.62. The molecule has 1 aromatic heterocycles. The van der Waals surface area contributed by atoms with Crippen molar-refractivity contribution in [2.24, 2.45) is 17.8 Å². The van der Waals surface area contributed by atoms with Crippen molar-refractivity contribution in [2.45, 2.75) is 50.9 Å². The summed E-state index contributed by atoms with van der Waals surface area (Å²) >= 11 is 3.52. The van der Waals surface area contributed by atoms with Crippen LogP contribution in [0.2, 0.25) is 0 Å². The predicted molar refractivity (Wildman–Crippen MR) is 71.1 cm³/mol. The average Bonchev–Trinajstić information content (AvgIpc) is 2.68. The van der Waals surface area contributed by atoms with Crippen molar-refractivity contribution in [1.82, 2.24) is 14.8 Å². The van der Waals surface area contributed by atoms with Crippen LogP contribution >= 0.6 is 15.9 Å². The number of hydrogen-bond acceptors (Lipinski definition) is 2. The van der Waals surface area contributed by atoms with Crippen LogP contribution in [0.5, 0.6) is 0 Å². The van der Waals surface area contributed by atoms with E-state index in [2.05, 4.69) is 44.5 Å². The summed E-state index contributed by atoms with van der Waals surface area (Å²) in [5.74, 6) is 5.59. The minimum Gasteiger partial charge on any atom is -0.314 e. The Bertz CT molecular complexity index is 403. The normalized spacial score (nSPS) is 30.9. The molecule has 0 bridgehead atoms. The molecule has 2 fully saturated rings. The van der Waals surface area contributed by atoms with Gasteiger partial charge in [0.15, 0.2) is 0 Å². The second kappa shape index (κ2) is 4.38. The number of fused-ring (bicyclic) bond motifs is 1. The highest BCUT2D eigenvalue weighted by atomic mass is 79.9. The van der Waals surface area contributed by atoms with Crippen LogP contribution in [-0.4, -0.2) is 14.8 Å². The van der Waals surface area contributed by atoms with E-state index in [4.69, 9.17) is 0 Å². The fourth-order valence-electron chi connectivity index (χ4n) is 3.46. The van der Waals surface area contributed by atoms with Gasteiger partial charge in [-0.05, 0) is 30.6 Å². The van der Waals surface area contributed by atoms with Gasteiger partial charge in [0.25, 0.3) is 0 Å². The molecule has 1 aromatic rings. The molecule has 1 heterocycles. The smallest absolute Gasteiger partial charge is 0.143 e. The zero-order chi connectivity index (χ0) is 12.0. The van der Waals surface area contributed by atoms with E-state index in [-0.39, 0.29) is 0 Å². The minimum atomic E-state index is 0.654. The average molecular weight is 298 g/mol. The molecule has 0 saturated heterocycles. The molecule has 17 heavy (non-hydrogen) atoms. The zero-order valence-electron chi connectivity index (χ0n) is 10.6. The summed E-state index contributed by atoms with van der Waals surface area (Å²) in [6, 6.07) is 0. The number of rotatable bonds is 4. The monoisotopic (exact) mass is 297 g/mol. The van der Waals surface area contributed by atoms with E-state index in [1.807, 2.05) is 0 Å². The predicted octanol–water partition coefficient (Wildman–Crippen LogP) is 3.34. The minimum absolute atomic E-state index is 0.654. The Morgan fingerprint density at radius 3 is 2.59 bits per heavy atom. The van der Waals surface area contributed by atoms with Crippen molar-refractivity contribution in [3.8, 4) is 0 Å². The molecule has 2 aliphatic rings. The lowest BCUT2D eigenvalue weighted by atomic mass is 10.1. The Balaban J connectivity index is 1.86. The lowest BCUT2D eigenvalue weighted by Gasteiger charge is -2.12. The molecule has 3 rings (SSSR count). The largest absolute Gasteiger partial charge is 0.314 e. The van der Waals surface area contributed by atoms with Gasteiger partial charge in [-0.25, -0.2) is 0 Å². The molecule has 2 aliphatic carbocycles. The van der Waals surface area contributed by atoms with Crippen molar-refractivity contribution in [2.75, 3.05) is 0 Å². The third-order valence-corrected chi connectivity index (χ3v) is 4.73. The molecule has 94 valence electrons. The second-order valence-corrected chi connectivity index (χ2v) is 6.46. The molecule has 0 aliphatic heterocycles. The highest BCUT2D eigenvalue weighted by molar-refractivity contribution is 9.08. The Labute approximate surface area is 111 Å². The summed E-state index contributed by atoms with van der Waals surface area (Å²) in [6.45, 7) is 5.57. The van der Waals surface area contributed by atoms with Crippen LogP contribution in [0.4, 0.5) is 0 Å². The molecular weight excluding hydrogens is 278 g/mol. The first-order valence-electron chi connectivity index (χ1n) is 6.70. The van der Waals surface area contributed by atoms with Gasteiger partial charge in [0, 0.05) is 12.5 Å². The van der Waals surface area contributed by atoms with Gasteiger partial charge in [0.05, 0.1) is 5.33 Å². The summed E-state index contributed by atoms with van der Waals surface area (Å²) in [4.78, 5) is 0. The molecule has 2 atom stereocenters. The molecular formula is C13H20BrN3. The van der Waals surface area contributed by atoms with Gasteiger partial charge in [-0.1, -0.05) is 36.2 Å². The van der Waals surface area contributed by atoms with Crippen LogP contribution in [0.3, 0.4) is 0 Å². The molecule has 2 unspecified atom stereocenters. The third-order valence-electron chi connectivity index (χ3n) is 4.23. The van der Waals surface area contributed by atoms with Crippen LogP contribution in [0.25, 0.3) is 0 Å². The van der Waals surface area contributed by atoms with Crippen LogP contribution in [0.15, 0.2) is 0 Å². The second-order valence-electron chi connectivity index (χ2n) is 5.90. The van der Waals surface area contributed by atoms with Crippen molar-refractivity contribution < 1.29 is 0 Å². The van der Waals surface area contributed by atoms with Gasteiger partial charge in [-0.2, -0.15) is 0 Å². The first kappa shape index (κ1) is 11.7. The zero-order valence-corrected chi connectivity index (χ0v) is 12.2. The third kappa shape index (κ3) is 1.94. The van der Waals surface area contributed by atoms with Crippen LogP contribution in [0.1, 0.15) is 50.7 Å². The van der Waals surface area contributed by atoms with E-state index in [9.17, 15) is 0 Å². The standard InChI is InChI=1S/C13H20BrN3/c1-8(2)7-17-11(6-14)15-16-13(17)12-9-4-3-5-10(9)12/h8-10,12H,3-7H2,1-2H3. The molecule has 0 spiro atoms. The lowest BCUT2D eigenvalue weighted by molar-refractivity contribution is 0.488. The van der Waals surface area contributed by atoms with E-state index < -0.39 is 0 Å². The van der Waals surface area contributed by atoms with Crippen molar-refractivity contribution in [3.05, 3.63) is 11.6 Å². The molecule has 4 heteroatoms. The Kier molecular flexibility index (Phi) is 3.01. The fraction of sp³-hybridized carbons (Fsp3) is 0.846. The highest BCUT2D eigenvalue weighted by Gasteiger charge is 2.55. The molecule has 0 amide bonds. The SMILES string of the molecule is CC(C)Cn1c(CBr)nnc1C1C2CCCC21. The summed E-state index contributed by atoms with van der Waals surface area (Å²) in [5, 5.41) is 9.62. The molecule has 0 radical (unpaired) electrons. The van der Waals surface area contributed by atoms with E-state index in [0.29, 0.717) is 5.92 Å². The molecule has 3 nitrogen and oxygen atoms in total. The van der Waals surface area contributed by atoms with Gasteiger partial charge in [-0.15, -0.1) is 10.2 Å². The maximum absolute atomic E-state index is 4.47. The van der Waals surface area contributed by atoms with E-state index in [1.165, 1.54) is 25.1 Å². The number of hydrogen-bond donors (Lipinski definition) is 0. The van der Waals surface area contributed by atoms with Gasteiger partial charge in [0.2, 0.25) is 0 Å². The maximum atomic E-state index is 4.47. The summed E-state index contributed by atoms with van der Waals surface area (Å²) in [7, 11) is 0. The summed E-state index contributed by atoms with van der Waals surface area (Å²) in [5.41, 5.74) is 0. The van der Waals surface area contributed by atoms with Crippen LogP contribution < -0.4 is 0 Å². The molecule has 0 N–H and O–H groups in total. The van der Waals surface area contributed by atoms with Gasteiger partial charge >= 0.3 is 0 Å². The summed E-state index contributed by atoms with van der Waals surface area (Å²) < 4.78 is 2.36. The van der Waals surface area contributed by atoms with E-state index in [0.717, 1.165) is 35.5 Å². The van der Waals surface area contributed by atoms with Crippen molar-refractivity contribution in [3.63, 3.8) is 0 Å². The number of aromatic nitrogens is 3. The van der Waals surface area contributed by atoms with Crippen molar-refractivity contribution in [1.29, 1.82) is 0 Å². The first-order chi connectivity index (χ1) is 8.22. The Hall–Kier alpha value is -0.380. The fourth-order valence-corrected chi connectivity index (χ4v) is 3.88. The topological polar surface area (TPSA) is 30.7 Å². The molecule has 2 saturated carbocycles. The number of nitrogens with zero attached hydrogens (tertiary/aromatic N) is 3. The van der Waals surface area contributed by atoms with Crippen LogP contribution in [0, 0.1) is 17.8 Å². The number of halogens is 1. The Morgan fingerprint density at radius 2 is 2.00 bits per heavy atom. The summed E-state index contributed by atoms with van der Waals surface area (Å²) in [6.07, 6.45) is 4.25. The van der Waals surface area contributed by atoms with Crippen molar-refractivity contribution >= 4 is 15.9 Å². The first-order valence-corrected chi connectivity index (χ1v) is 7.82.